The second-order valence-electron chi connectivity index (χ2n) is 4.97. The van der Waals surface area contributed by atoms with Crippen LogP contribution in [0.3, 0.4) is 0 Å². The molecule has 0 amide bonds. The molecule has 2 aliphatic heterocycles. The van der Waals surface area contributed by atoms with E-state index in [1.165, 1.54) is 13.0 Å². The van der Waals surface area contributed by atoms with Gasteiger partial charge in [0.1, 0.15) is 0 Å². The predicted molar refractivity (Wildman–Crippen MR) is 49.2 cm³/mol. The first kappa shape index (κ1) is 8.52. The highest BCUT2D eigenvalue weighted by molar-refractivity contribution is 4.94. The van der Waals surface area contributed by atoms with Crippen LogP contribution in [0.5, 0.6) is 0 Å². The SMILES string of the molecule is CC(C)N1C[C@@H]2CC(C)(CO2)C1. The number of nitrogens with zero attached hydrogens (tertiary/aromatic N) is 1. The zero-order chi connectivity index (χ0) is 8.77. The van der Waals surface area contributed by atoms with Crippen molar-refractivity contribution in [1.29, 1.82) is 0 Å². The summed E-state index contributed by atoms with van der Waals surface area (Å²) in [4.78, 5) is 2.54. The number of likely N-dealkylation sites (tertiary alicyclic amines) is 1. The van der Waals surface area contributed by atoms with Crippen molar-refractivity contribution in [3.8, 4) is 0 Å². The minimum absolute atomic E-state index is 0.452. The largest absolute Gasteiger partial charge is 0.376 e. The number of piperidine rings is 1. The van der Waals surface area contributed by atoms with E-state index >= 15 is 0 Å². The standard InChI is InChI=1S/C10H19NO/c1-8(2)11-5-9-4-10(3,6-11)7-12-9/h8-9H,4-7H2,1-3H3/t9-,10?/m0/s1. The molecule has 2 rings (SSSR count). The fourth-order valence-electron chi connectivity index (χ4n) is 2.42. The second kappa shape index (κ2) is 2.71. The van der Waals surface area contributed by atoms with Crippen molar-refractivity contribution >= 4 is 0 Å². The van der Waals surface area contributed by atoms with Crippen LogP contribution < -0.4 is 0 Å². The van der Waals surface area contributed by atoms with Crippen molar-refractivity contribution in [2.75, 3.05) is 19.7 Å². The molecule has 12 heavy (non-hydrogen) atoms. The first-order chi connectivity index (χ1) is 5.59. The van der Waals surface area contributed by atoms with Gasteiger partial charge >= 0.3 is 0 Å². The Morgan fingerprint density at radius 3 is 2.83 bits per heavy atom. The van der Waals surface area contributed by atoms with E-state index in [1.54, 1.807) is 0 Å². The van der Waals surface area contributed by atoms with Crippen molar-refractivity contribution in [1.82, 2.24) is 4.90 Å². The molecule has 2 heterocycles. The number of fused-ring (bicyclic) bond motifs is 2. The van der Waals surface area contributed by atoms with E-state index in [9.17, 15) is 0 Å². The lowest BCUT2D eigenvalue weighted by Gasteiger charge is -2.38. The van der Waals surface area contributed by atoms with E-state index in [1.807, 2.05) is 0 Å². The minimum Gasteiger partial charge on any atom is -0.376 e. The van der Waals surface area contributed by atoms with Crippen molar-refractivity contribution in [2.24, 2.45) is 5.41 Å². The average molecular weight is 169 g/mol. The van der Waals surface area contributed by atoms with Crippen LogP contribution in [0.2, 0.25) is 0 Å². The predicted octanol–water partition coefficient (Wildman–Crippen LogP) is 1.51. The van der Waals surface area contributed by atoms with Gasteiger partial charge in [-0.1, -0.05) is 6.92 Å². The van der Waals surface area contributed by atoms with Crippen LogP contribution in [0.25, 0.3) is 0 Å². The molecule has 0 saturated carbocycles. The van der Waals surface area contributed by atoms with Crippen LogP contribution >= 0.6 is 0 Å². The molecular weight excluding hydrogens is 150 g/mol. The molecule has 70 valence electrons. The van der Waals surface area contributed by atoms with Crippen molar-refractivity contribution in [3.63, 3.8) is 0 Å². The van der Waals surface area contributed by atoms with Gasteiger partial charge in [0.15, 0.2) is 0 Å². The van der Waals surface area contributed by atoms with Crippen LogP contribution in [0.15, 0.2) is 0 Å². The lowest BCUT2D eigenvalue weighted by atomic mass is 9.84. The van der Waals surface area contributed by atoms with Crippen molar-refractivity contribution in [3.05, 3.63) is 0 Å². The maximum atomic E-state index is 5.72. The molecule has 0 aromatic heterocycles. The zero-order valence-corrected chi connectivity index (χ0v) is 8.34. The Morgan fingerprint density at radius 1 is 1.50 bits per heavy atom. The lowest BCUT2D eigenvalue weighted by Crippen LogP contribution is -2.47. The first-order valence-electron chi connectivity index (χ1n) is 4.95. The van der Waals surface area contributed by atoms with Crippen molar-refractivity contribution < 1.29 is 4.74 Å². The van der Waals surface area contributed by atoms with E-state index in [0.717, 1.165) is 13.2 Å². The number of hydrogen-bond donors (Lipinski definition) is 0. The van der Waals surface area contributed by atoms with Crippen LogP contribution in [-0.2, 0) is 4.74 Å². The van der Waals surface area contributed by atoms with Crippen LogP contribution in [0.4, 0.5) is 0 Å². The quantitative estimate of drug-likeness (QED) is 0.590. The van der Waals surface area contributed by atoms with Gasteiger partial charge < -0.3 is 4.74 Å². The van der Waals surface area contributed by atoms with E-state index in [0.29, 0.717) is 17.6 Å². The Balaban J connectivity index is 2.06. The summed E-state index contributed by atoms with van der Waals surface area (Å²) in [5, 5.41) is 0. The summed E-state index contributed by atoms with van der Waals surface area (Å²) in [7, 11) is 0. The molecule has 0 spiro atoms. The summed E-state index contributed by atoms with van der Waals surface area (Å²) in [6.45, 7) is 10.2. The number of rotatable bonds is 1. The lowest BCUT2D eigenvalue weighted by molar-refractivity contribution is 0.0678. The molecule has 0 aromatic rings. The van der Waals surface area contributed by atoms with Gasteiger partial charge in [0, 0.05) is 24.5 Å². The maximum Gasteiger partial charge on any atom is 0.0708 e. The molecule has 2 fully saturated rings. The molecule has 2 bridgehead atoms. The third-order valence-electron chi connectivity index (χ3n) is 3.14. The van der Waals surface area contributed by atoms with Gasteiger partial charge in [-0.05, 0) is 20.3 Å². The highest BCUT2D eigenvalue weighted by Crippen LogP contribution is 2.38. The molecular formula is C10H19NO. The van der Waals surface area contributed by atoms with Crippen LogP contribution in [0, 0.1) is 5.41 Å². The van der Waals surface area contributed by atoms with E-state index < -0.39 is 0 Å². The highest BCUT2D eigenvalue weighted by atomic mass is 16.5. The number of hydrogen-bond acceptors (Lipinski definition) is 2. The third kappa shape index (κ3) is 1.38. The van der Waals surface area contributed by atoms with Gasteiger partial charge in [0.05, 0.1) is 12.7 Å². The van der Waals surface area contributed by atoms with Gasteiger partial charge in [0.2, 0.25) is 0 Å². The Kier molecular flexibility index (Phi) is 1.92. The normalized spacial score (nSPS) is 42.5. The van der Waals surface area contributed by atoms with Gasteiger partial charge in [-0.15, -0.1) is 0 Å². The fourth-order valence-corrected chi connectivity index (χ4v) is 2.42. The first-order valence-corrected chi connectivity index (χ1v) is 4.95. The Morgan fingerprint density at radius 2 is 2.25 bits per heavy atom. The Hall–Kier alpha value is -0.0800. The molecule has 2 atom stereocenters. The van der Waals surface area contributed by atoms with Gasteiger partial charge in [-0.2, -0.15) is 0 Å². The molecule has 2 aliphatic rings. The van der Waals surface area contributed by atoms with Gasteiger partial charge in [0.25, 0.3) is 0 Å². The molecule has 2 heteroatoms. The minimum atomic E-state index is 0.452. The molecule has 0 radical (unpaired) electrons. The molecule has 0 aliphatic carbocycles. The van der Waals surface area contributed by atoms with Crippen molar-refractivity contribution in [2.45, 2.75) is 39.3 Å². The molecule has 0 aromatic carbocycles. The second-order valence-corrected chi connectivity index (χ2v) is 4.97. The fraction of sp³-hybridized carbons (Fsp3) is 1.00. The summed E-state index contributed by atoms with van der Waals surface area (Å²) in [5.74, 6) is 0. The van der Waals surface area contributed by atoms with E-state index in [4.69, 9.17) is 4.74 Å². The van der Waals surface area contributed by atoms with E-state index in [-0.39, 0.29) is 0 Å². The zero-order valence-electron chi connectivity index (χ0n) is 8.34. The molecule has 0 N–H and O–H groups in total. The maximum absolute atomic E-state index is 5.72. The Bertz CT molecular complexity index is 181. The summed E-state index contributed by atoms with van der Waals surface area (Å²) >= 11 is 0. The summed E-state index contributed by atoms with van der Waals surface area (Å²) in [6.07, 6.45) is 1.79. The highest BCUT2D eigenvalue weighted by Gasteiger charge is 2.43. The van der Waals surface area contributed by atoms with Crippen LogP contribution in [-0.4, -0.2) is 36.7 Å². The Labute approximate surface area is 74.9 Å². The smallest absolute Gasteiger partial charge is 0.0708 e. The van der Waals surface area contributed by atoms with Gasteiger partial charge in [-0.3, -0.25) is 4.90 Å². The monoisotopic (exact) mass is 169 g/mol. The average Bonchev–Trinajstić information content (AvgIpc) is 2.25. The van der Waals surface area contributed by atoms with E-state index in [2.05, 4.69) is 25.7 Å². The molecule has 2 nitrogen and oxygen atoms in total. The summed E-state index contributed by atoms with van der Waals surface area (Å²) in [5.41, 5.74) is 0.452. The molecule has 2 saturated heterocycles. The van der Waals surface area contributed by atoms with Gasteiger partial charge in [-0.25, -0.2) is 0 Å². The third-order valence-corrected chi connectivity index (χ3v) is 3.14. The summed E-state index contributed by atoms with van der Waals surface area (Å²) in [6, 6.07) is 0.675. The van der Waals surface area contributed by atoms with Crippen LogP contribution in [0.1, 0.15) is 27.2 Å². The molecule has 1 unspecified atom stereocenters. The topological polar surface area (TPSA) is 12.5 Å². The number of ether oxygens (including phenoxy) is 1. The summed E-state index contributed by atoms with van der Waals surface area (Å²) < 4.78 is 5.72.